The first-order valence-corrected chi connectivity index (χ1v) is 8.35. The molecule has 1 aliphatic rings. The second kappa shape index (κ2) is 8.67. The standard InChI is InChI=1S/C18H27N3O2/c1-4-18(22)21-9-8-16(13-21)23-17-10-15(11-20-12-17)7-5-6-14(2)19-3/h5,7,10-12,14,16,19H,4,6,8-9,13H2,1-3H3/b7-5+/t14-,16-/m0/s1. The van der Waals surface area contributed by atoms with E-state index in [1.807, 2.05) is 31.1 Å². The maximum atomic E-state index is 11.7. The van der Waals surface area contributed by atoms with Gasteiger partial charge in [-0.1, -0.05) is 19.1 Å². The molecule has 126 valence electrons. The highest BCUT2D eigenvalue weighted by Gasteiger charge is 2.26. The Bertz CT molecular complexity index is 545. The molecule has 0 aliphatic carbocycles. The van der Waals surface area contributed by atoms with Crippen molar-refractivity contribution in [2.75, 3.05) is 20.1 Å². The molecule has 1 saturated heterocycles. The van der Waals surface area contributed by atoms with Crippen molar-refractivity contribution in [3.8, 4) is 5.75 Å². The summed E-state index contributed by atoms with van der Waals surface area (Å²) in [5.74, 6) is 0.967. The zero-order valence-corrected chi connectivity index (χ0v) is 14.3. The van der Waals surface area contributed by atoms with Crippen molar-refractivity contribution >= 4 is 12.0 Å². The first kappa shape index (κ1) is 17.5. The predicted octanol–water partition coefficient (Wildman–Crippen LogP) is 2.48. The fourth-order valence-corrected chi connectivity index (χ4v) is 2.58. The number of hydrogen-bond acceptors (Lipinski definition) is 4. The molecule has 2 rings (SSSR count). The summed E-state index contributed by atoms with van der Waals surface area (Å²) >= 11 is 0. The van der Waals surface area contributed by atoms with Crippen LogP contribution in [0.5, 0.6) is 5.75 Å². The molecule has 2 atom stereocenters. The minimum atomic E-state index is 0.0656. The van der Waals surface area contributed by atoms with Crippen molar-refractivity contribution in [3.05, 3.63) is 30.1 Å². The summed E-state index contributed by atoms with van der Waals surface area (Å²) in [5, 5.41) is 3.21. The Morgan fingerprint density at radius 3 is 3.13 bits per heavy atom. The Balaban J connectivity index is 1.89. The summed E-state index contributed by atoms with van der Waals surface area (Å²) in [6.07, 6.45) is 10.2. The predicted molar refractivity (Wildman–Crippen MR) is 92.3 cm³/mol. The second-order valence-corrected chi connectivity index (χ2v) is 6.00. The van der Waals surface area contributed by atoms with Gasteiger partial charge in [0.15, 0.2) is 0 Å². The first-order chi connectivity index (χ1) is 11.1. The van der Waals surface area contributed by atoms with Crippen molar-refractivity contribution in [1.29, 1.82) is 0 Å². The number of ether oxygens (including phenoxy) is 1. The van der Waals surface area contributed by atoms with E-state index < -0.39 is 0 Å². The number of pyridine rings is 1. The third-order valence-corrected chi connectivity index (χ3v) is 4.13. The minimum Gasteiger partial charge on any atom is -0.487 e. The van der Waals surface area contributed by atoms with Gasteiger partial charge in [0.2, 0.25) is 5.91 Å². The summed E-state index contributed by atoms with van der Waals surface area (Å²) in [7, 11) is 1.96. The third kappa shape index (κ3) is 5.36. The highest BCUT2D eigenvalue weighted by atomic mass is 16.5. The Morgan fingerprint density at radius 2 is 2.39 bits per heavy atom. The lowest BCUT2D eigenvalue weighted by molar-refractivity contribution is -0.130. The molecule has 0 bridgehead atoms. The van der Waals surface area contributed by atoms with Crippen molar-refractivity contribution < 1.29 is 9.53 Å². The molecule has 2 heterocycles. The zero-order valence-electron chi connectivity index (χ0n) is 14.3. The molecule has 5 heteroatoms. The highest BCUT2D eigenvalue weighted by molar-refractivity contribution is 5.76. The fraction of sp³-hybridized carbons (Fsp3) is 0.556. The van der Waals surface area contributed by atoms with Gasteiger partial charge in [0.1, 0.15) is 11.9 Å². The van der Waals surface area contributed by atoms with Crippen LogP contribution in [0, 0.1) is 0 Å². The largest absolute Gasteiger partial charge is 0.487 e. The Morgan fingerprint density at radius 1 is 1.57 bits per heavy atom. The van der Waals surface area contributed by atoms with Gasteiger partial charge >= 0.3 is 0 Å². The van der Waals surface area contributed by atoms with Gasteiger partial charge in [-0.2, -0.15) is 0 Å². The Hall–Kier alpha value is -1.88. The highest BCUT2D eigenvalue weighted by Crippen LogP contribution is 2.19. The number of nitrogens with one attached hydrogen (secondary N) is 1. The molecule has 5 nitrogen and oxygen atoms in total. The number of nitrogens with zero attached hydrogens (tertiary/aromatic N) is 2. The van der Waals surface area contributed by atoms with Crippen LogP contribution in [0.15, 0.2) is 24.5 Å². The second-order valence-electron chi connectivity index (χ2n) is 6.00. The van der Waals surface area contributed by atoms with Gasteiger partial charge in [0.05, 0.1) is 12.7 Å². The van der Waals surface area contributed by atoms with Crippen LogP contribution < -0.4 is 10.1 Å². The third-order valence-electron chi connectivity index (χ3n) is 4.13. The number of rotatable bonds is 7. The summed E-state index contributed by atoms with van der Waals surface area (Å²) in [6.45, 7) is 5.50. The smallest absolute Gasteiger partial charge is 0.222 e. The molecule has 1 aromatic heterocycles. The molecule has 0 radical (unpaired) electrons. The van der Waals surface area contributed by atoms with Crippen LogP contribution in [-0.2, 0) is 4.79 Å². The van der Waals surface area contributed by atoms with Gasteiger partial charge in [-0.05, 0) is 32.0 Å². The van der Waals surface area contributed by atoms with Crippen molar-refractivity contribution in [1.82, 2.24) is 15.2 Å². The molecule has 0 saturated carbocycles. The SMILES string of the molecule is CCC(=O)N1CC[C@H](Oc2cncc(/C=C/C[C@H](C)NC)c2)C1. The maximum Gasteiger partial charge on any atom is 0.222 e. The van der Waals surface area contributed by atoms with Gasteiger partial charge in [0, 0.05) is 31.6 Å². The molecule has 1 aliphatic heterocycles. The summed E-state index contributed by atoms with van der Waals surface area (Å²) in [4.78, 5) is 17.8. The van der Waals surface area contributed by atoms with Crippen LogP contribution in [0.2, 0.25) is 0 Å². The molecular weight excluding hydrogens is 290 g/mol. The molecule has 1 aromatic rings. The van der Waals surface area contributed by atoms with Crippen molar-refractivity contribution in [2.45, 2.75) is 45.3 Å². The van der Waals surface area contributed by atoms with Gasteiger partial charge in [-0.25, -0.2) is 0 Å². The van der Waals surface area contributed by atoms with Gasteiger partial charge < -0.3 is 15.0 Å². The monoisotopic (exact) mass is 317 g/mol. The van der Waals surface area contributed by atoms with E-state index in [4.69, 9.17) is 4.74 Å². The van der Waals surface area contributed by atoms with E-state index in [1.165, 1.54) is 0 Å². The van der Waals surface area contributed by atoms with E-state index in [-0.39, 0.29) is 12.0 Å². The average Bonchev–Trinajstić information content (AvgIpc) is 3.02. The number of likely N-dealkylation sites (tertiary alicyclic amines) is 1. The molecule has 1 amide bonds. The van der Waals surface area contributed by atoms with E-state index in [9.17, 15) is 4.79 Å². The number of hydrogen-bond donors (Lipinski definition) is 1. The van der Waals surface area contributed by atoms with Gasteiger partial charge in [0.25, 0.3) is 0 Å². The summed E-state index contributed by atoms with van der Waals surface area (Å²) in [5.41, 5.74) is 1.03. The van der Waals surface area contributed by atoms with Crippen LogP contribution in [0.4, 0.5) is 0 Å². The Kier molecular flexibility index (Phi) is 6.59. The lowest BCUT2D eigenvalue weighted by Crippen LogP contribution is -2.30. The normalized spacial score (nSPS) is 19.3. The van der Waals surface area contributed by atoms with E-state index in [0.717, 1.165) is 30.7 Å². The molecule has 0 aromatic carbocycles. The van der Waals surface area contributed by atoms with Gasteiger partial charge in [-0.3, -0.25) is 9.78 Å². The van der Waals surface area contributed by atoms with Crippen LogP contribution in [0.3, 0.4) is 0 Å². The molecular formula is C18H27N3O2. The van der Waals surface area contributed by atoms with E-state index in [0.29, 0.717) is 19.0 Å². The number of aromatic nitrogens is 1. The molecule has 0 spiro atoms. The lowest BCUT2D eigenvalue weighted by atomic mass is 10.2. The lowest BCUT2D eigenvalue weighted by Gasteiger charge is -2.16. The van der Waals surface area contributed by atoms with Crippen LogP contribution in [-0.4, -0.2) is 48.1 Å². The fourth-order valence-electron chi connectivity index (χ4n) is 2.58. The topological polar surface area (TPSA) is 54.5 Å². The minimum absolute atomic E-state index is 0.0656. The Labute approximate surface area is 138 Å². The summed E-state index contributed by atoms with van der Waals surface area (Å²) in [6, 6.07) is 2.46. The quantitative estimate of drug-likeness (QED) is 0.839. The molecule has 1 fully saturated rings. The van der Waals surface area contributed by atoms with Crippen LogP contribution in [0.25, 0.3) is 6.08 Å². The first-order valence-electron chi connectivity index (χ1n) is 8.35. The van der Waals surface area contributed by atoms with E-state index in [1.54, 1.807) is 6.20 Å². The van der Waals surface area contributed by atoms with E-state index >= 15 is 0 Å². The molecule has 23 heavy (non-hydrogen) atoms. The summed E-state index contributed by atoms with van der Waals surface area (Å²) < 4.78 is 5.99. The van der Waals surface area contributed by atoms with Gasteiger partial charge in [-0.15, -0.1) is 0 Å². The van der Waals surface area contributed by atoms with Crippen molar-refractivity contribution in [3.63, 3.8) is 0 Å². The van der Waals surface area contributed by atoms with Crippen LogP contribution in [0.1, 0.15) is 38.7 Å². The van der Waals surface area contributed by atoms with E-state index in [2.05, 4.69) is 29.4 Å². The van der Waals surface area contributed by atoms with Crippen LogP contribution >= 0.6 is 0 Å². The molecule has 0 unspecified atom stereocenters. The molecule has 1 N–H and O–H groups in total. The average molecular weight is 317 g/mol. The number of carbonyl (C=O) groups excluding carboxylic acids is 1. The maximum absolute atomic E-state index is 11.7. The zero-order chi connectivity index (χ0) is 16.7. The van der Waals surface area contributed by atoms with Crippen molar-refractivity contribution in [2.24, 2.45) is 0 Å². The number of amides is 1. The number of carbonyl (C=O) groups is 1.